The van der Waals surface area contributed by atoms with E-state index in [1.54, 1.807) is 7.11 Å². The van der Waals surface area contributed by atoms with Crippen LogP contribution in [-0.4, -0.2) is 37.6 Å². The highest BCUT2D eigenvalue weighted by Crippen LogP contribution is 2.44. The normalized spacial score (nSPS) is 22.0. The topological polar surface area (TPSA) is 53.3 Å². The lowest BCUT2D eigenvalue weighted by Gasteiger charge is -2.46. The molecule has 1 aliphatic carbocycles. The first-order valence-corrected chi connectivity index (χ1v) is 8.41. The van der Waals surface area contributed by atoms with Crippen LogP contribution in [0.3, 0.4) is 0 Å². The van der Waals surface area contributed by atoms with Crippen LogP contribution in [-0.2, 0) is 14.9 Å². The minimum Gasteiger partial charge on any atom is -0.384 e. The van der Waals surface area contributed by atoms with Gasteiger partial charge in [0, 0.05) is 20.2 Å². The molecule has 3 rings (SSSR count). The van der Waals surface area contributed by atoms with Gasteiger partial charge in [-0.05, 0) is 31.2 Å². The molecule has 2 aliphatic rings. The van der Waals surface area contributed by atoms with E-state index in [0.717, 1.165) is 24.8 Å². The second kappa shape index (κ2) is 6.33. The number of carbonyl (C=O) groups excluding carboxylic acids is 1. The Morgan fingerprint density at radius 1 is 1.22 bits per heavy atom. The number of hydrogen-bond donors (Lipinski definition) is 0. The van der Waals surface area contributed by atoms with Crippen molar-refractivity contribution in [2.75, 3.05) is 26.8 Å². The van der Waals surface area contributed by atoms with Crippen molar-refractivity contribution in [3.05, 3.63) is 35.9 Å². The van der Waals surface area contributed by atoms with Crippen LogP contribution in [0.2, 0.25) is 0 Å². The predicted molar refractivity (Wildman–Crippen MR) is 87.7 cm³/mol. The number of benzene rings is 1. The fourth-order valence-corrected chi connectivity index (χ4v) is 3.95. The van der Waals surface area contributed by atoms with E-state index in [1.165, 1.54) is 0 Å². The Bertz CT molecular complexity index is 594. The zero-order chi connectivity index (χ0) is 16.3. The molecule has 23 heavy (non-hydrogen) atoms. The van der Waals surface area contributed by atoms with Crippen molar-refractivity contribution in [3.8, 4) is 6.07 Å². The maximum atomic E-state index is 12.9. The Kier molecular flexibility index (Phi) is 4.41. The fourth-order valence-electron chi connectivity index (χ4n) is 3.95. The average molecular weight is 312 g/mol. The van der Waals surface area contributed by atoms with Crippen LogP contribution < -0.4 is 0 Å². The van der Waals surface area contributed by atoms with Crippen molar-refractivity contribution in [2.24, 2.45) is 5.41 Å². The molecule has 0 N–H and O–H groups in total. The number of amides is 1. The zero-order valence-corrected chi connectivity index (χ0v) is 13.8. The van der Waals surface area contributed by atoms with E-state index in [4.69, 9.17) is 4.74 Å². The first-order valence-electron chi connectivity index (χ1n) is 8.41. The van der Waals surface area contributed by atoms with Gasteiger partial charge in [0.15, 0.2) is 0 Å². The van der Waals surface area contributed by atoms with Crippen molar-refractivity contribution in [1.29, 1.82) is 5.26 Å². The minimum absolute atomic E-state index is 0.227. The highest BCUT2D eigenvalue weighted by molar-refractivity contribution is 5.84. The number of nitrogens with zero attached hydrogens (tertiary/aromatic N) is 2. The molecule has 1 aromatic rings. The average Bonchev–Trinajstić information content (AvgIpc) is 2.58. The Morgan fingerprint density at radius 2 is 1.87 bits per heavy atom. The van der Waals surface area contributed by atoms with Gasteiger partial charge in [-0.2, -0.15) is 5.26 Å². The highest BCUT2D eigenvalue weighted by atomic mass is 16.5. The third-order valence-corrected chi connectivity index (χ3v) is 5.63. The smallest absolute Gasteiger partial charge is 0.231 e. The van der Waals surface area contributed by atoms with Crippen molar-refractivity contribution in [2.45, 2.75) is 37.5 Å². The summed E-state index contributed by atoms with van der Waals surface area (Å²) in [5.74, 6) is 0.227. The lowest BCUT2D eigenvalue weighted by atomic mass is 9.67. The minimum atomic E-state index is -0.452. The molecule has 0 unspecified atom stereocenters. The molecule has 1 saturated heterocycles. The molecule has 0 spiro atoms. The molecule has 0 radical (unpaired) electrons. The predicted octanol–water partition coefficient (Wildman–Crippen LogP) is 2.89. The van der Waals surface area contributed by atoms with Gasteiger partial charge in [0.1, 0.15) is 0 Å². The van der Waals surface area contributed by atoms with E-state index in [0.29, 0.717) is 32.5 Å². The molecule has 1 amide bonds. The molecule has 1 heterocycles. The summed E-state index contributed by atoms with van der Waals surface area (Å²) in [4.78, 5) is 14.8. The van der Waals surface area contributed by atoms with Crippen molar-refractivity contribution < 1.29 is 9.53 Å². The Hall–Kier alpha value is -1.86. The Balaban J connectivity index is 1.71. The van der Waals surface area contributed by atoms with Gasteiger partial charge in [-0.25, -0.2) is 0 Å². The van der Waals surface area contributed by atoms with Gasteiger partial charge in [0.05, 0.1) is 23.5 Å². The van der Waals surface area contributed by atoms with Gasteiger partial charge in [-0.15, -0.1) is 0 Å². The number of nitriles is 1. The summed E-state index contributed by atoms with van der Waals surface area (Å²) in [5.41, 5.74) is 0.324. The number of ether oxygens (including phenoxy) is 1. The molecular formula is C19H24N2O2. The number of rotatable bonds is 4. The van der Waals surface area contributed by atoms with Gasteiger partial charge in [0.2, 0.25) is 5.91 Å². The molecule has 0 aromatic heterocycles. The number of hydrogen-bond acceptors (Lipinski definition) is 3. The number of likely N-dealkylation sites (tertiary alicyclic amines) is 1. The molecule has 0 atom stereocenters. The van der Waals surface area contributed by atoms with Crippen molar-refractivity contribution in [3.63, 3.8) is 0 Å². The first kappa shape index (κ1) is 16.0. The monoisotopic (exact) mass is 312 g/mol. The summed E-state index contributed by atoms with van der Waals surface area (Å²) in [6, 6.07) is 12.5. The first-order chi connectivity index (χ1) is 11.2. The van der Waals surface area contributed by atoms with Crippen LogP contribution >= 0.6 is 0 Å². The highest BCUT2D eigenvalue weighted by Gasteiger charge is 2.48. The van der Waals surface area contributed by atoms with Gasteiger partial charge < -0.3 is 9.64 Å². The van der Waals surface area contributed by atoms with E-state index in [1.807, 2.05) is 35.2 Å². The molecule has 2 fully saturated rings. The zero-order valence-electron chi connectivity index (χ0n) is 13.8. The standard InChI is InChI=1S/C19H24N2O2/c1-23-15-19(8-5-9-19)17(22)21-12-10-18(14-20,11-13-21)16-6-3-2-4-7-16/h2-4,6-7H,5,8-13,15H2,1H3. The maximum absolute atomic E-state index is 12.9. The number of carbonyl (C=O) groups is 1. The van der Waals surface area contributed by atoms with Crippen LogP contribution in [0, 0.1) is 16.7 Å². The lowest BCUT2D eigenvalue weighted by molar-refractivity contribution is -0.153. The molecule has 1 aliphatic heterocycles. The van der Waals surface area contributed by atoms with E-state index < -0.39 is 5.41 Å². The summed E-state index contributed by atoms with van der Waals surface area (Å²) < 4.78 is 5.29. The molecular weight excluding hydrogens is 288 g/mol. The SMILES string of the molecule is COCC1(C(=O)N2CCC(C#N)(c3ccccc3)CC2)CCC1. The molecule has 4 heteroatoms. The van der Waals surface area contributed by atoms with Crippen LogP contribution in [0.5, 0.6) is 0 Å². The summed E-state index contributed by atoms with van der Waals surface area (Å²) >= 11 is 0. The summed E-state index contributed by atoms with van der Waals surface area (Å²) in [5, 5.41) is 9.75. The third-order valence-electron chi connectivity index (χ3n) is 5.63. The van der Waals surface area contributed by atoms with E-state index in [2.05, 4.69) is 6.07 Å². The van der Waals surface area contributed by atoms with Gasteiger partial charge in [0.25, 0.3) is 0 Å². The van der Waals surface area contributed by atoms with Gasteiger partial charge in [-0.3, -0.25) is 4.79 Å². The molecule has 0 bridgehead atoms. The molecule has 1 saturated carbocycles. The van der Waals surface area contributed by atoms with Crippen LogP contribution in [0.25, 0.3) is 0 Å². The summed E-state index contributed by atoms with van der Waals surface area (Å²) in [6.07, 6.45) is 4.39. The van der Waals surface area contributed by atoms with Crippen LogP contribution in [0.15, 0.2) is 30.3 Å². The summed E-state index contributed by atoms with van der Waals surface area (Å²) in [6.45, 7) is 1.84. The second-order valence-electron chi connectivity index (χ2n) is 6.92. The largest absolute Gasteiger partial charge is 0.384 e. The molecule has 122 valence electrons. The van der Waals surface area contributed by atoms with Crippen molar-refractivity contribution in [1.82, 2.24) is 4.90 Å². The quantitative estimate of drug-likeness (QED) is 0.859. The summed E-state index contributed by atoms with van der Waals surface area (Å²) in [7, 11) is 1.67. The van der Waals surface area contributed by atoms with Crippen LogP contribution in [0.4, 0.5) is 0 Å². The van der Waals surface area contributed by atoms with E-state index >= 15 is 0 Å². The van der Waals surface area contributed by atoms with Crippen LogP contribution in [0.1, 0.15) is 37.7 Å². The molecule has 4 nitrogen and oxygen atoms in total. The third kappa shape index (κ3) is 2.74. The van der Waals surface area contributed by atoms with Gasteiger partial charge >= 0.3 is 0 Å². The van der Waals surface area contributed by atoms with Crippen molar-refractivity contribution >= 4 is 5.91 Å². The Morgan fingerprint density at radius 3 is 2.35 bits per heavy atom. The van der Waals surface area contributed by atoms with E-state index in [-0.39, 0.29) is 11.3 Å². The lowest BCUT2D eigenvalue weighted by Crippen LogP contribution is -2.54. The fraction of sp³-hybridized carbons (Fsp3) is 0.579. The van der Waals surface area contributed by atoms with Gasteiger partial charge in [-0.1, -0.05) is 36.8 Å². The molecule has 1 aromatic carbocycles. The Labute approximate surface area is 138 Å². The second-order valence-corrected chi connectivity index (χ2v) is 6.92. The maximum Gasteiger partial charge on any atom is 0.231 e. The number of methoxy groups -OCH3 is 1. The van der Waals surface area contributed by atoms with E-state index in [9.17, 15) is 10.1 Å². The number of piperidine rings is 1.